The zero-order valence-corrected chi connectivity index (χ0v) is 17.8. The first-order valence-electron chi connectivity index (χ1n) is 11.3. The minimum absolute atomic E-state index is 0.0829. The fraction of sp³-hybridized carbons (Fsp3) is 0.609. The lowest BCUT2D eigenvalue weighted by Crippen LogP contribution is -2.54. The first kappa shape index (κ1) is 20.7. The predicted octanol–water partition coefficient (Wildman–Crippen LogP) is 3.51. The molecule has 2 atom stereocenters. The summed E-state index contributed by atoms with van der Waals surface area (Å²) in [5.74, 6) is -0.517. The molecule has 0 radical (unpaired) electrons. The molecule has 7 heteroatoms. The monoisotopic (exact) mass is 412 g/mol. The number of rotatable bonds is 4. The van der Waals surface area contributed by atoms with Crippen LogP contribution in [-0.2, 0) is 9.59 Å². The number of amides is 4. The summed E-state index contributed by atoms with van der Waals surface area (Å²) in [5, 5.41) is 5.85. The Morgan fingerprint density at radius 1 is 1.10 bits per heavy atom. The van der Waals surface area contributed by atoms with E-state index < -0.39 is 11.6 Å². The Labute approximate surface area is 178 Å². The number of hydrogen-bond donors (Lipinski definition) is 2. The first-order valence-corrected chi connectivity index (χ1v) is 11.3. The van der Waals surface area contributed by atoms with Crippen LogP contribution >= 0.6 is 0 Å². The number of para-hydroxylation sites is 2. The van der Waals surface area contributed by atoms with Crippen molar-refractivity contribution in [2.75, 3.05) is 29.9 Å². The number of nitrogens with one attached hydrogen (secondary N) is 2. The third-order valence-electron chi connectivity index (χ3n) is 6.93. The van der Waals surface area contributed by atoms with Crippen LogP contribution < -0.4 is 15.5 Å². The van der Waals surface area contributed by atoms with Crippen LogP contribution in [0.5, 0.6) is 0 Å². The molecule has 0 bridgehead atoms. The Bertz CT molecular complexity index is 818. The van der Waals surface area contributed by atoms with Crippen LogP contribution in [0.2, 0.25) is 0 Å². The largest absolute Gasteiger partial charge is 0.370 e. The standard InChI is InChI=1S/C23H32N4O3/c1-17-10-6-7-13-23(17)21(29)27(22(30)25-23)16-20(28)24-18-11-4-5-12-19(18)26-14-8-2-3-9-15-26/h4-5,11-12,17H,2-3,6-10,13-16H2,1H3,(H,24,28)(H,25,30)/t17-,23-/m0/s1. The van der Waals surface area contributed by atoms with E-state index in [1.54, 1.807) is 0 Å². The molecule has 1 spiro atoms. The van der Waals surface area contributed by atoms with Crippen molar-refractivity contribution in [3.8, 4) is 0 Å². The number of anilines is 2. The highest BCUT2D eigenvalue weighted by Crippen LogP contribution is 2.38. The lowest BCUT2D eigenvalue weighted by Gasteiger charge is -2.36. The summed E-state index contributed by atoms with van der Waals surface area (Å²) >= 11 is 0. The van der Waals surface area contributed by atoms with E-state index in [9.17, 15) is 14.4 Å². The maximum Gasteiger partial charge on any atom is 0.325 e. The smallest absolute Gasteiger partial charge is 0.325 e. The highest BCUT2D eigenvalue weighted by atomic mass is 16.2. The Morgan fingerprint density at radius 2 is 1.83 bits per heavy atom. The third kappa shape index (κ3) is 3.89. The van der Waals surface area contributed by atoms with Crippen LogP contribution in [0.25, 0.3) is 0 Å². The van der Waals surface area contributed by atoms with Crippen molar-refractivity contribution < 1.29 is 14.4 Å². The Kier molecular flexibility index (Phi) is 5.97. The third-order valence-corrected chi connectivity index (χ3v) is 6.93. The molecule has 162 valence electrons. The van der Waals surface area contributed by atoms with E-state index in [0.717, 1.165) is 61.5 Å². The molecule has 2 heterocycles. The summed E-state index contributed by atoms with van der Waals surface area (Å²) in [4.78, 5) is 41.9. The molecule has 1 aromatic carbocycles. The number of benzene rings is 1. The van der Waals surface area contributed by atoms with Crippen molar-refractivity contribution in [1.82, 2.24) is 10.2 Å². The van der Waals surface area contributed by atoms with E-state index in [-0.39, 0.29) is 24.3 Å². The maximum atomic E-state index is 13.1. The molecule has 1 aliphatic carbocycles. The van der Waals surface area contributed by atoms with Crippen molar-refractivity contribution in [2.24, 2.45) is 5.92 Å². The lowest BCUT2D eigenvalue weighted by atomic mass is 9.73. The summed E-state index contributed by atoms with van der Waals surface area (Å²) in [6, 6.07) is 7.32. The zero-order valence-electron chi connectivity index (χ0n) is 17.8. The van der Waals surface area contributed by atoms with Gasteiger partial charge in [0.05, 0.1) is 11.4 Å². The van der Waals surface area contributed by atoms with E-state index >= 15 is 0 Å². The average molecular weight is 413 g/mol. The summed E-state index contributed by atoms with van der Waals surface area (Å²) in [6.45, 7) is 3.70. The van der Waals surface area contributed by atoms with Crippen LogP contribution in [0.4, 0.5) is 16.2 Å². The van der Waals surface area contributed by atoms with Crippen LogP contribution in [0.15, 0.2) is 24.3 Å². The van der Waals surface area contributed by atoms with Gasteiger partial charge in [-0.3, -0.25) is 14.5 Å². The van der Waals surface area contributed by atoms with Gasteiger partial charge in [0.15, 0.2) is 0 Å². The van der Waals surface area contributed by atoms with Gasteiger partial charge in [-0.05, 0) is 43.7 Å². The molecule has 1 saturated carbocycles. The zero-order chi connectivity index (χ0) is 21.1. The molecule has 2 aliphatic heterocycles. The maximum absolute atomic E-state index is 13.1. The van der Waals surface area contributed by atoms with Gasteiger partial charge in [-0.1, -0.05) is 44.7 Å². The number of imide groups is 1. The summed E-state index contributed by atoms with van der Waals surface area (Å²) in [6.07, 6.45) is 8.30. The van der Waals surface area contributed by atoms with E-state index in [1.165, 1.54) is 12.8 Å². The molecule has 0 unspecified atom stereocenters. The normalized spacial score (nSPS) is 27.2. The topological polar surface area (TPSA) is 81.8 Å². The second-order valence-electron chi connectivity index (χ2n) is 8.91. The SMILES string of the molecule is C[C@H]1CCCC[C@]12NC(=O)N(CC(=O)Nc1ccccc1N1CCCCCC1)C2=O. The molecule has 3 aliphatic rings. The molecule has 0 aromatic heterocycles. The van der Waals surface area contributed by atoms with E-state index in [1.807, 2.05) is 31.2 Å². The Hall–Kier alpha value is -2.57. The van der Waals surface area contributed by atoms with Crippen LogP contribution in [-0.4, -0.2) is 47.9 Å². The fourth-order valence-corrected chi connectivity index (χ4v) is 5.14. The van der Waals surface area contributed by atoms with Crippen molar-refractivity contribution >= 4 is 29.2 Å². The van der Waals surface area contributed by atoms with Crippen LogP contribution in [0.1, 0.15) is 58.3 Å². The van der Waals surface area contributed by atoms with Crippen molar-refractivity contribution in [2.45, 2.75) is 63.8 Å². The molecule has 3 fully saturated rings. The molecular weight excluding hydrogens is 380 g/mol. The molecule has 4 amide bonds. The number of urea groups is 1. The van der Waals surface area contributed by atoms with Gasteiger partial charge in [-0.25, -0.2) is 4.79 Å². The highest BCUT2D eigenvalue weighted by Gasteiger charge is 2.55. The van der Waals surface area contributed by atoms with Gasteiger partial charge in [0.25, 0.3) is 5.91 Å². The molecule has 2 N–H and O–H groups in total. The molecule has 1 aromatic rings. The van der Waals surface area contributed by atoms with Crippen molar-refractivity contribution in [3.05, 3.63) is 24.3 Å². The van der Waals surface area contributed by atoms with Gasteiger partial charge in [0, 0.05) is 13.1 Å². The molecule has 4 rings (SSSR count). The Balaban J connectivity index is 1.45. The Morgan fingerprint density at radius 3 is 2.57 bits per heavy atom. The first-order chi connectivity index (χ1) is 14.5. The van der Waals surface area contributed by atoms with Gasteiger partial charge >= 0.3 is 6.03 Å². The molecular formula is C23H32N4O3. The summed E-state index contributed by atoms with van der Waals surface area (Å²) < 4.78 is 0. The van der Waals surface area contributed by atoms with Crippen molar-refractivity contribution in [1.29, 1.82) is 0 Å². The van der Waals surface area contributed by atoms with Gasteiger partial charge in [0.2, 0.25) is 5.91 Å². The van der Waals surface area contributed by atoms with Crippen LogP contribution in [0.3, 0.4) is 0 Å². The molecule has 2 saturated heterocycles. The molecule has 30 heavy (non-hydrogen) atoms. The van der Waals surface area contributed by atoms with Crippen LogP contribution in [0, 0.1) is 5.92 Å². The quantitative estimate of drug-likeness (QED) is 0.742. The fourth-order valence-electron chi connectivity index (χ4n) is 5.14. The minimum atomic E-state index is -0.834. The number of hydrogen-bond acceptors (Lipinski definition) is 4. The minimum Gasteiger partial charge on any atom is -0.370 e. The molecule has 7 nitrogen and oxygen atoms in total. The van der Waals surface area contributed by atoms with Gasteiger partial charge in [-0.2, -0.15) is 0 Å². The van der Waals surface area contributed by atoms with Gasteiger partial charge in [0.1, 0.15) is 12.1 Å². The number of carbonyl (C=O) groups is 3. The van der Waals surface area contributed by atoms with Gasteiger partial charge in [-0.15, -0.1) is 0 Å². The second kappa shape index (κ2) is 8.66. The van der Waals surface area contributed by atoms with Gasteiger partial charge < -0.3 is 15.5 Å². The van der Waals surface area contributed by atoms with E-state index in [0.29, 0.717) is 6.42 Å². The van der Waals surface area contributed by atoms with E-state index in [4.69, 9.17) is 0 Å². The predicted molar refractivity (Wildman–Crippen MR) is 116 cm³/mol. The second-order valence-corrected chi connectivity index (χ2v) is 8.91. The van der Waals surface area contributed by atoms with E-state index in [2.05, 4.69) is 15.5 Å². The van der Waals surface area contributed by atoms with Crippen molar-refractivity contribution in [3.63, 3.8) is 0 Å². The summed E-state index contributed by atoms with van der Waals surface area (Å²) in [5.41, 5.74) is 0.902. The lowest BCUT2D eigenvalue weighted by molar-refractivity contribution is -0.136. The highest BCUT2D eigenvalue weighted by molar-refractivity contribution is 6.10. The number of carbonyl (C=O) groups excluding carboxylic acids is 3. The average Bonchev–Trinajstić information content (AvgIpc) is 2.92. The number of nitrogens with zero attached hydrogens (tertiary/aromatic N) is 2. The summed E-state index contributed by atoms with van der Waals surface area (Å²) in [7, 11) is 0.